The van der Waals surface area contributed by atoms with Crippen molar-refractivity contribution in [1.82, 2.24) is 0 Å². The Morgan fingerprint density at radius 1 is 1.44 bits per heavy atom. The maximum Gasteiger partial charge on any atom is 0.144 e. The van der Waals surface area contributed by atoms with E-state index in [2.05, 4.69) is 30.9 Å². The molecule has 16 heavy (non-hydrogen) atoms. The van der Waals surface area contributed by atoms with Gasteiger partial charge < -0.3 is 0 Å². The molecule has 1 aromatic carbocycles. The Balaban J connectivity index is 2.33. The molecule has 0 N–H and O–H groups in total. The van der Waals surface area contributed by atoms with Gasteiger partial charge in [-0.2, -0.15) is 0 Å². The molecule has 0 spiro atoms. The summed E-state index contributed by atoms with van der Waals surface area (Å²) >= 11 is 1.60. The zero-order valence-corrected chi connectivity index (χ0v) is 10.6. The highest BCUT2D eigenvalue weighted by molar-refractivity contribution is 8.00. The van der Waals surface area contributed by atoms with E-state index in [1.54, 1.807) is 18.7 Å². The van der Waals surface area contributed by atoms with Crippen molar-refractivity contribution < 1.29 is 4.79 Å². The molecular weight excluding hydrogens is 216 g/mol. The average molecular weight is 232 g/mol. The number of hydrogen-bond acceptors (Lipinski definition) is 2. The second-order valence-electron chi connectivity index (χ2n) is 3.57. The highest BCUT2D eigenvalue weighted by Crippen LogP contribution is 2.19. The molecule has 0 fully saturated rings. The molecule has 2 heteroatoms. The van der Waals surface area contributed by atoms with E-state index in [1.807, 2.05) is 12.1 Å². The normalized spacial score (nSPS) is 9.38. The van der Waals surface area contributed by atoms with Crippen LogP contribution in [-0.2, 0) is 4.79 Å². The summed E-state index contributed by atoms with van der Waals surface area (Å²) in [5.74, 6) is 6.52. The number of carbonyl (C=O) groups is 1. The van der Waals surface area contributed by atoms with Crippen molar-refractivity contribution in [3.8, 4) is 11.8 Å². The van der Waals surface area contributed by atoms with Gasteiger partial charge in [-0.05, 0) is 26.0 Å². The standard InChI is InChI=1S/C14H16OS/c1-3-4-5-8-13(15)11-16-14-9-6-7-12(2)10-14/h6-7,9-10H,5,8,11H2,1-2H3. The van der Waals surface area contributed by atoms with Crippen LogP contribution in [0, 0.1) is 18.8 Å². The van der Waals surface area contributed by atoms with E-state index in [4.69, 9.17) is 0 Å². The van der Waals surface area contributed by atoms with Gasteiger partial charge in [-0.25, -0.2) is 0 Å². The van der Waals surface area contributed by atoms with Gasteiger partial charge in [0.05, 0.1) is 5.75 Å². The van der Waals surface area contributed by atoms with Crippen LogP contribution in [-0.4, -0.2) is 11.5 Å². The van der Waals surface area contributed by atoms with Crippen LogP contribution in [0.15, 0.2) is 29.2 Å². The Hall–Kier alpha value is -1.20. The summed E-state index contributed by atoms with van der Waals surface area (Å²) in [6.07, 6.45) is 1.25. The predicted molar refractivity (Wildman–Crippen MR) is 69.6 cm³/mol. The van der Waals surface area contributed by atoms with E-state index in [-0.39, 0.29) is 5.78 Å². The summed E-state index contributed by atoms with van der Waals surface area (Å²) in [6, 6.07) is 8.22. The third kappa shape index (κ3) is 5.04. The number of thioether (sulfide) groups is 1. The van der Waals surface area contributed by atoms with Gasteiger partial charge in [0.1, 0.15) is 5.78 Å². The number of rotatable bonds is 5. The van der Waals surface area contributed by atoms with Gasteiger partial charge in [0.2, 0.25) is 0 Å². The summed E-state index contributed by atoms with van der Waals surface area (Å²) in [6.45, 7) is 3.86. The highest BCUT2D eigenvalue weighted by Gasteiger charge is 2.02. The molecular formula is C14H16OS. The van der Waals surface area contributed by atoms with Gasteiger partial charge in [-0.1, -0.05) is 17.7 Å². The van der Waals surface area contributed by atoms with Crippen LogP contribution in [0.5, 0.6) is 0 Å². The SMILES string of the molecule is CC#CCCC(=O)CSc1cccc(C)c1. The second-order valence-corrected chi connectivity index (χ2v) is 4.62. The number of ketones is 1. The molecule has 0 aliphatic rings. The zero-order chi connectivity index (χ0) is 11.8. The fraction of sp³-hybridized carbons (Fsp3) is 0.357. The van der Waals surface area contributed by atoms with Crippen LogP contribution in [0.2, 0.25) is 0 Å². The topological polar surface area (TPSA) is 17.1 Å². The summed E-state index contributed by atoms with van der Waals surface area (Å²) in [5, 5.41) is 0. The minimum atomic E-state index is 0.272. The van der Waals surface area contributed by atoms with Crippen LogP contribution >= 0.6 is 11.8 Å². The van der Waals surface area contributed by atoms with Gasteiger partial charge in [0, 0.05) is 17.7 Å². The number of carbonyl (C=O) groups excluding carboxylic acids is 1. The van der Waals surface area contributed by atoms with E-state index in [0.717, 1.165) is 4.90 Å². The lowest BCUT2D eigenvalue weighted by Gasteiger charge is -2.01. The molecule has 1 aromatic rings. The van der Waals surface area contributed by atoms with Gasteiger partial charge >= 0.3 is 0 Å². The molecule has 0 saturated carbocycles. The molecule has 0 aliphatic carbocycles. The third-order valence-electron chi connectivity index (χ3n) is 2.09. The smallest absolute Gasteiger partial charge is 0.144 e. The predicted octanol–water partition coefficient (Wildman–Crippen LogP) is 3.46. The molecule has 0 atom stereocenters. The van der Waals surface area contributed by atoms with Gasteiger partial charge in [-0.3, -0.25) is 4.79 Å². The van der Waals surface area contributed by atoms with Crippen LogP contribution in [0.4, 0.5) is 0 Å². The quantitative estimate of drug-likeness (QED) is 0.571. The molecule has 0 saturated heterocycles. The summed E-state index contributed by atoms with van der Waals surface area (Å²) in [4.78, 5) is 12.6. The van der Waals surface area contributed by atoms with Crippen molar-refractivity contribution in [2.24, 2.45) is 0 Å². The Morgan fingerprint density at radius 3 is 2.94 bits per heavy atom. The number of benzene rings is 1. The van der Waals surface area contributed by atoms with Crippen LogP contribution in [0.3, 0.4) is 0 Å². The summed E-state index contributed by atoms with van der Waals surface area (Å²) in [5.41, 5.74) is 1.23. The van der Waals surface area contributed by atoms with Gasteiger partial charge in [0.15, 0.2) is 0 Å². The van der Waals surface area contributed by atoms with Crippen molar-refractivity contribution in [2.45, 2.75) is 31.6 Å². The minimum Gasteiger partial charge on any atom is -0.299 e. The lowest BCUT2D eigenvalue weighted by molar-refractivity contribution is -0.116. The fourth-order valence-corrected chi connectivity index (χ4v) is 2.18. The molecule has 1 nitrogen and oxygen atoms in total. The second kappa shape index (κ2) is 7.14. The molecule has 0 unspecified atom stereocenters. The van der Waals surface area contributed by atoms with E-state index in [1.165, 1.54) is 5.56 Å². The fourth-order valence-electron chi connectivity index (χ4n) is 1.27. The van der Waals surface area contributed by atoms with E-state index < -0.39 is 0 Å². The minimum absolute atomic E-state index is 0.272. The molecule has 0 radical (unpaired) electrons. The van der Waals surface area contributed by atoms with Gasteiger partial charge in [0.25, 0.3) is 0 Å². The lowest BCUT2D eigenvalue weighted by Crippen LogP contribution is -2.00. The summed E-state index contributed by atoms with van der Waals surface area (Å²) in [7, 11) is 0. The van der Waals surface area contributed by atoms with Crippen LogP contribution < -0.4 is 0 Å². The van der Waals surface area contributed by atoms with E-state index >= 15 is 0 Å². The largest absolute Gasteiger partial charge is 0.299 e. The van der Waals surface area contributed by atoms with Gasteiger partial charge in [-0.15, -0.1) is 23.6 Å². The Morgan fingerprint density at radius 2 is 2.25 bits per heavy atom. The molecule has 0 aliphatic heterocycles. The Kier molecular flexibility index (Phi) is 5.74. The van der Waals surface area contributed by atoms with Crippen molar-refractivity contribution in [1.29, 1.82) is 0 Å². The first-order valence-corrected chi connectivity index (χ1v) is 6.31. The molecule has 0 heterocycles. The average Bonchev–Trinajstić information content (AvgIpc) is 2.27. The van der Waals surface area contributed by atoms with E-state index in [0.29, 0.717) is 18.6 Å². The molecule has 0 bridgehead atoms. The first kappa shape index (κ1) is 12.9. The summed E-state index contributed by atoms with van der Waals surface area (Å²) < 4.78 is 0. The first-order chi connectivity index (χ1) is 7.72. The van der Waals surface area contributed by atoms with Crippen molar-refractivity contribution in [2.75, 3.05) is 5.75 Å². The number of hydrogen-bond donors (Lipinski definition) is 0. The first-order valence-electron chi connectivity index (χ1n) is 5.33. The number of Topliss-reactive ketones (excluding diaryl/α,β-unsaturated/α-hetero) is 1. The highest BCUT2D eigenvalue weighted by atomic mass is 32.2. The molecule has 1 rings (SSSR count). The number of aryl methyl sites for hydroxylation is 1. The van der Waals surface area contributed by atoms with Crippen LogP contribution in [0.25, 0.3) is 0 Å². The zero-order valence-electron chi connectivity index (χ0n) is 9.75. The van der Waals surface area contributed by atoms with Crippen molar-refractivity contribution >= 4 is 17.5 Å². The van der Waals surface area contributed by atoms with Crippen molar-refractivity contribution in [3.63, 3.8) is 0 Å². The third-order valence-corrected chi connectivity index (χ3v) is 3.15. The lowest BCUT2D eigenvalue weighted by atomic mass is 10.2. The maximum atomic E-state index is 11.5. The molecule has 0 aromatic heterocycles. The van der Waals surface area contributed by atoms with Crippen LogP contribution in [0.1, 0.15) is 25.3 Å². The Bertz CT molecular complexity index is 412. The molecule has 0 amide bonds. The molecule has 84 valence electrons. The maximum absolute atomic E-state index is 11.5. The van der Waals surface area contributed by atoms with E-state index in [9.17, 15) is 4.79 Å². The monoisotopic (exact) mass is 232 g/mol. The Labute approximate surface area is 102 Å². The van der Waals surface area contributed by atoms with Crippen molar-refractivity contribution in [3.05, 3.63) is 29.8 Å².